The standard InChI is InChI=1S/C53H92NO8P/c1-3-5-7-9-11-13-15-17-19-21-23-24-25-26-28-30-32-34-36-38-40-42-44-46-53(56)62-51(50-61-63(57,58)60-48-47-54)49-59-52(55)45-43-41-39-37-35-33-31-29-27-22-20-18-16-14-12-10-8-6-4-2/h6,8,12,14,18,20,27,29,33,35,38-41,51H,3-5,7,9-11,13,15-17,19,21-26,28,30-32,34,36-37,42-50,54H2,1-2H3,(H,57,58)/b8-6+,14-12+,20-18+,29-27+,35-33+,40-38+,41-39+/t51-/m1/s1. The molecule has 0 amide bonds. The average molecular weight is 902 g/mol. The number of rotatable bonds is 46. The van der Waals surface area contributed by atoms with Gasteiger partial charge in [0.15, 0.2) is 6.10 Å². The molecule has 0 saturated carbocycles. The number of esters is 2. The van der Waals surface area contributed by atoms with Gasteiger partial charge in [-0.05, 0) is 70.6 Å². The summed E-state index contributed by atoms with van der Waals surface area (Å²) in [6, 6.07) is 0. The Morgan fingerprint density at radius 2 is 0.905 bits per heavy atom. The first-order chi connectivity index (χ1) is 30.8. The van der Waals surface area contributed by atoms with Gasteiger partial charge in [-0.3, -0.25) is 18.6 Å². The first kappa shape index (κ1) is 60.2. The molecule has 63 heavy (non-hydrogen) atoms. The van der Waals surface area contributed by atoms with Crippen molar-refractivity contribution in [1.82, 2.24) is 0 Å². The minimum absolute atomic E-state index is 0.0364. The van der Waals surface area contributed by atoms with Crippen LogP contribution >= 0.6 is 7.82 Å². The maximum atomic E-state index is 12.6. The first-order valence-corrected chi connectivity index (χ1v) is 26.6. The second-order valence-electron chi connectivity index (χ2n) is 16.3. The lowest BCUT2D eigenvalue weighted by Gasteiger charge is -2.19. The molecule has 0 fully saturated rings. The number of carbonyl (C=O) groups excluding carboxylic acids is 2. The number of phosphoric acid groups is 1. The summed E-state index contributed by atoms with van der Waals surface area (Å²) in [5.74, 6) is -0.965. The molecule has 0 aliphatic rings. The fourth-order valence-electron chi connectivity index (χ4n) is 6.61. The molecule has 0 heterocycles. The van der Waals surface area contributed by atoms with Gasteiger partial charge in [0.2, 0.25) is 0 Å². The van der Waals surface area contributed by atoms with Crippen LogP contribution in [0.1, 0.15) is 206 Å². The van der Waals surface area contributed by atoms with Crippen LogP contribution in [0.25, 0.3) is 0 Å². The lowest BCUT2D eigenvalue weighted by Crippen LogP contribution is -2.29. The predicted octanol–water partition coefficient (Wildman–Crippen LogP) is 15.2. The zero-order valence-electron chi connectivity index (χ0n) is 40.0. The highest BCUT2D eigenvalue weighted by Gasteiger charge is 2.25. The van der Waals surface area contributed by atoms with E-state index in [4.69, 9.17) is 24.3 Å². The Bertz CT molecular complexity index is 1300. The van der Waals surface area contributed by atoms with Crippen LogP contribution in [0.5, 0.6) is 0 Å². The summed E-state index contributed by atoms with van der Waals surface area (Å²) in [7, 11) is -4.41. The number of hydrogen-bond acceptors (Lipinski definition) is 8. The van der Waals surface area contributed by atoms with Gasteiger partial charge in [0.1, 0.15) is 6.61 Å². The molecular formula is C53H92NO8P. The molecule has 0 radical (unpaired) electrons. The van der Waals surface area contributed by atoms with E-state index in [-0.39, 0.29) is 32.6 Å². The Kier molecular flexibility index (Phi) is 46.5. The lowest BCUT2D eigenvalue weighted by molar-refractivity contribution is -0.161. The molecule has 0 bridgehead atoms. The molecular weight excluding hydrogens is 810 g/mol. The van der Waals surface area contributed by atoms with E-state index in [1.165, 1.54) is 116 Å². The van der Waals surface area contributed by atoms with E-state index in [0.29, 0.717) is 12.8 Å². The van der Waals surface area contributed by atoms with Crippen LogP contribution in [-0.2, 0) is 32.7 Å². The number of hydrogen-bond donors (Lipinski definition) is 2. The number of carbonyl (C=O) groups is 2. The topological polar surface area (TPSA) is 134 Å². The van der Waals surface area contributed by atoms with E-state index >= 15 is 0 Å². The zero-order chi connectivity index (χ0) is 46.0. The van der Waals surface area contributed by atoms with Crippen LogP contribution < -0.4 is 5.73 Å². The Labute approximate surface area is 385 Å². The van der Waals surface area contributed by atoms with Gasteiger partial charge in [-0.25, -0.2) is 4.57 Å². The van der Waals surface area contributed by atoms with E-state index in [1.54, 1.807) is 0 Å². The first-order valence-electron chi connectivity index (χ1n) is 25.1. The van der Waals surface area contributed by atoms with Crippen molar-refractivity contribution in [2.75, 3.05) is 26.4 Å². The van der Waals surface area contributed by atoms with Gasteiger partial charge in [0.25, 0.3) is 0 Å². The highest BCUT2D eigenvalue weighted by atomic mass is 31.2. The summed E-state index contributed by atoms with van der Waals surface area (Å²) in [6.07, 6.45) is 62.3. The van der Waals surface area contributed by atoms with Gasteiger partial charge in [-0.2, -0.15) is 0 Å². The molecule has 0 spiro atoms. The maximum Gasteiger partial charge on any atom is 0.472 e. The fourth-order valence-corrected chi connectivity index (χ4v) is 7.37. The summed E-state index contributed by atoms with van der Waals surface area (Å²) >= 11 is 0. The van der Waals surface area contributed by atoms with Crippen LogP contribution in [0.4, 0.5) is 0 Å². The molecule has 0 aromatic heterocycles. The number of ether oxygens (including phenoxy) is 2. The third-order valence-corrected chi connectivity index (χ3v) is 11.3. The Balaban J connectivity index is 4.19. The molecule has 2 atom stereocenters. The molecule has 0 saturated heterocycles. The van der Waals surface area contributed by atoms with Crippen molar-refractivity contribution in [2.24, 2.45) is 5.73 Å². The molecule has 0 aliphatic heterocycles. The third-order valence-electron chi connectivity index (χ3n) is 10.3. The third kappa shape index (κ3) is 48.5. The molecule has 3 N–H and O–H groups in total. The van der Waals surface area contributed by atoms with E-state index < -0.39 is 32.5 Å². The molecule has 0 rings (SSSR count). The molecule has 0 aromatic carbocycles. The van der Waals surface area contributed by atoms with E-state index in [9.17, 15) is 19.0 Å². The summed E-state index contributed by atoms with van der Waals surface area (Å²) in [5, 5.41) is 0. The van der Waals surface area contributed by atoms with Crippen LogP contribution in [0.15, 0.2) is 85.1 Å². The molecule has 0 aliphatic carbocycles. The molecule has 1 unspecified atom stereocenters. The Morgan fingerprint density at radius 3 is 1.37 bits per heavy atom. The van der Waals surface area contributed by atoms with Crippen molar-refractivity contribution in [3.63, 3.8) is 0 Å². The van der Waals surface area contributed by atoms with Gasteiger partial charge in [-0.15, -0.1) is 0 Å². The Morgan fingerprint density at radius 1 is 0.492 bits per heavy atom. The van der Waals surface area contributed by atoms with Crippen LogP contribution in [0, 0.1) is 0 Å². The van der Waals surface area contributed by atoms with Crippen LogP contribution in [0.2, 0.25) is 0 Å². The number of nitrogens with two attached hydrogens (primary N) is 1. The lowest BCUT2D eigenvalue weighted by atomic mass is 10.0. The highest BCUT2D eigenvalue weighted by molar-refractivity contribution is 7.47. The zero-order valence-corrected chi connectivity index (χ0v) is 40.9. The number of unbranched alkanes of at least 4 members (excludes halogenated alkanes) is 19. The minimum Gasteiger partial charge on any atom is -0.462 e. The summed E-state index contributed by atoms with van der Waals surface area (Å²) in [4.78, 5) is 35.0. The van der Waals surface area contributed by atoms with Crippen molar-refractivity contribution in [3.8, 4) is 0 Å². The summed E-state index contributed by atoms with van der Waals surface area (Å²) < 4.78 is 32.8. The minimum atomic E-state index is -4.41. The summed E-state index contributed by atoms with van der Waals surface area (Å²) in [5.41, 5.74) is 5.36. The fraction of sp³-hybridized carbons (Fsp3) is 0.698. The second-order valence-corrected chi connectivity index (χ2v) is 17.8. The Hall–Kier alpha value is -2.81. The normalized spacial score (nSPS) is 13.9. The average Bonchev–Trinajstić information content (AvgIpc) is 3.27. The number of allylic oxidation sites excluding steroid dienone is 14. The van der Waals surface area contributed by atoms with Crippen molar-refractivity contribution in [2.45, 2.75) is 213 Å². The van der Waals surface area contributed by atoms with Crippen LogP contribution in [0.3, 0.4) is 0 Å². The second kappa shape index (κ2) is 48.6. The van der Waals surface area contributed by atoms with E-state index in [1.807, 2.05) is 12.2 Å². The van der Waals surface area contributed by atoms with E-state index in [0.717, 1.165) is 51.4 Å². The molecule has 10 heteroatoms. The highest BCUT2D eigenvalue weighted by Crippen LogP contribution is 2.43. The van der Waals surface area contributed by atoms with Crippen molar-refractivity contribution in [1.29, 1.82) is 0 Å². The predicted molar refractivity (Wildman–Crippen MR) is 265 cm³/mol. The SMILES string of the molecule is CC/C=C/C/C=C/C/C=C/C/C=C/C/C=C/C/C=C/CCC(=O)OC[C@H](COP(=O)(O)OCCN)OC(=O)CCC/C=C/CCCCCCCCCCCCCCCCCCCC. The van der Waals surface area contributed by atoms with Crippen molar-refractivity contribution in [3.05, 3.63) is 85.1 Å². The van der Waals surface area contributed by atoms with Gasteiger partial charge >= 0.3 is 19.8 Å². The molecule has 0 aromatic rings. The molecule has 362 valence electrons. The van der Waals surface area contributed by atoms with E-state index in [2.05, 4.69) is 86.8 Å². The van der Waals surface area contributed by atoms with Crippen molar-refractivity contribution < 1.29 is 37.6 Å². The van der Waals surface area contributed by atoms with Gasteiger partial charge in [-0.1, -0.05) is 208 Å². The van der Waals surface area contributed by atoms with Gasteiger partial charge < -0.3 is 20.1 Å². The monoisotopic (exact) mass is 902 g/mol. The van der Waals surface area contributed by atoms with Crippen molar-refractivity contribution >= 4 is 19.8 Å². The quantitative estimate of drug-likeness (QED) is 0.0265. The smallest absolute Gasteiger partial charge is 0.462 e. The largest absolute Gasteiger partial charge is 0.472 e. The summed E-state index contributed by atoms with van der Waals surface area (Å²) in [6.45, 7) is 3.51. The molecule has 9 nitrogen and oxygen atoms in total. The van der Waals surface area contributed by atoms with Crippen LogP contribution in [-0.4, -0.2) is 49.3 Å². The van der Waals surface area contributed by atoms with Gasteiger partial charge in [0.05, 0.1) is 13.2 Å². The number of phosphoric ester groups is 1. The van der Waals surface area contributed by atoms with Gasteiger partial charge in [0, 0.05) is 19.4 Å². The maximum absolute atomic E-state index is 12.6.